The molecule has 1 fully saturated rings. The van der Waals surface area contributed by atoms with Crippen molar-refractivity contribution in [2.24, 2.45) is 11.3 Å². The number of fused-ring (bicyclic) bond motifs is 4. The summed E-state index contributed by atoms with van der Waals surface area (Å²) >= 11 is 0. The number of alkyl halides is 2. The molecule has 0 spiro atoms. The number of ether oxygens (including phenoxy) is 1. The number of halogens is 2. The lowest BCUT2D eigenvalue weighted by molar-refractivity contribution is -0.151. The van der Waals surface area contributed by atoms with Gasteiger partial charge in [0, 0.05) is 48.6 Å². The Morgan fingerprint density at radius 3 is 2.70 bits per heavy atom. The molecule has 1 aliphatic carbocycles. The average molecular weight is 556 g/mol. The van der Waals surface area contributed by atoms with E-state index in [-0.39, 0.29) is 54.7 Å². The molecule has 40 heavy (non-hydrogen) atoms. The van der Waals surface area contributed by atoms with Crippen LogP contribution in [0.3, 0.4) is 0 Å². The zero-order valence-corrected chi connectivity index (χ0v) is 22.7. The molecule has 2 unspecified atom stereocenters. The van der Waals surface area contributed by atoms with Crippen LogP contribution in [0.2, 0.25) is 0 Å². The molecule has 1 aliphatic heterocycles. The number of imide groups is 1. The Hall–Kier alpha value is -3.50. The highest BCUT2D eigenvalue weighted by molar-refractivity contribution is 6.00. The van der Waals surface area contributed by atoms with Crippen LogP contribution in [0.4, 0.5) is 8.78 Å². The molecule has 5 rings (SSSR count). The van der Waals surface area contributed by atoms with E-state index in [4.69, 9.17) is 0 Å². The Balaban J connectivity index is 1.62. The molecule has 0 bridgehead atoms. The van der Waals surface area contributed by atoms with Crippen molar-refractivity contribution in [1.29, 1.82) is 0 Å². The quantitative estimate of drug-likeness (QED) is 0.341. The summed E-state index contributed by atoms with van der Waals surface area (Å²) in [6.45, 7) is 2.69. The predicted octanol–water partition coefficient (Wildman–Crippen LogP) is 4.25. The lowest BCUT2D eigenvalue weighted by Gasteiger charge is -2.45. The van der Waals surface area contributed by atoms with Crippen LogP contribution in [-0.4, -0.2) is 76.2 Å². The normalized spacial score (nSPS) is 23.0. The number of carbonyl (C=O) groups excluding carboxylic acids is 2. The molecule has 2 amide bonds. The van der Waals surface area contributed by atoms with Crippen molar-refractivity contribution in [3.8, 4) is 11.5 Å². The van der Waals surface area contributed by atoms with E-state index in [1.165, 1.54) is 11.0 Å². The number of phenols is 1. The monoisotopic (exact) mass is 555 g/mol. The Labute approximate surface area is 231 Å². The average Bonchev–Trinajstić information content (AvgIpc) is 3.23. The van der Waals surface area contributed by atoms with Crippen LogP contribution < -0.4 is 4.74 Å². The molecule has 8 nitrogen and oxygen atoms in total. The number of carbonyl (C=O) groups is 2. The molecule has 1 saturated heterocycles. The highest BCUT2D eigenvalue weighted by atomic mass is 19.3. The number of likely N-dealkylation sites (N-methyl/N-ethyl adjacent to an activating group) is 1. The summed E-state index contributed by atoms with van der Waals surface area (Å²) in [5, 5.41) is 20.4. The standard InChI is InChI=1S/C30H35F2N3O5/c1-3-34(13-14-36)11-12-35-25(38)10-8-23-26(18-5-4-6-19(37)15-18)27-22(17-30(23,2)28(35)39)21-16-20(40-29(31)32)7-9-24(21)33-27/h4-7,9,15-16,23,26,29,33,36-37H,3,8,10-14,17H2,1-2H3/t23?,26?,30-/m1/s1. The summed E-state index contributed by atoms with van der Waals surface area (Å²) in [7, 11) is 0. The van der Waals surface area contributed by atoms with E-state index >= 15 is 0 Å². The number of benzene rings is 2. The second kappa shape index (κ2) is 11.2. The Morgan fingerprint density at radius 2 is 2.00 bits per heavy atom. The van der Waals surface area contributed by atoms with Crippen molar-refractivity contribution >= 4 is 22.7 Å². The minimum absolute atomic E-state index is 0.0122. The number of amides is 2. The molecule has 3 aromatic rings. The number of aromatic hydroxyl groups is 1. The topological polar surface area (TPSA) is 106 Å². The summed E-state index contributed by atoms with van der Waals surface area (Å²) in [4.78, 5) is 34.5. The molecule has 3 atom stereocenters. The molecule has 10 heteroatoms. The van der Waals surface area contributed by atoms with Crippen molar-refractivity contribution < 1.29 is 33.3 Å². The Kier molecular flexibility index (Phi) is 7.83. The van der Waals surface area contributed by atoms with Crippen molar-refractivity contribution in [3.05, 3.63) is 59.3 Å². The largest absolute Gasteiger partial charge is 0.508 e. The van der Waals surface area contributed by atoms with Gasteiger partial charge >= 0.3 is 6.61 Å². The number of aliphatic hydroxyl groups excluding tert-OH is 1. The number of nitrogens with zero attached hydrogens (tertiary/aromatic N) is 2. The third kappa shape index (κ3) is 5.06. The number of likely N-dealkylation sites (tertiary alicyclic amines) is 1. The van der Waals surface area contributed by atoms with Gasteiger partial charge in [-0.05, 0) is 66.8 Å². The molecule has 1 aromatic heterocycles. The van der Waals surface area contributed by atoms with Gasteiger partial charge in [0.25, 0.3) is 0 Å². The summed E-state index contributed by atoms with van der Waals surface area (Å²) in [6, 6.07) is 11.7. The fourth-order valence-corrected chi connectivity index (χ4v) is 6.66. The summed E-state index contributed by atoms with van der Waals surface area (Å²) in [5.41, 5.74) is 2.24. The molecule has 3 N–H and O–H groups in total. The van der Waals surface area contributed by atoms with Gasteiger partial charge in [-0.25, -0.2) is 0 Å². The fraction of sp³-hybridized carbons (Fsp3) is 0.467. The van der Waals surface area contributed by atoms with Crippen LogP contribution in [0.15, 0.2) is 42.5 Å². The number of phenolic OH excluding ortho intramolecular Hbond substituents is 1. The summed E-state index contributed by atoms with van der Waals surface area (Å²) in [5.74, 6) is -0.963. The van der Waals surface area contributed by atoms with Crippen LogP contribution in [0.1, 0.15) is 49.4 Å². The molecule has 214 valence electrons. The molecule has 2 aromatic carbocycles. The van der Waals surface area contributed by atoms with Crippen LogP contribution in [0.5, 0.6) is 11.5 Å². The number of aromatic amines is 1. The first-order valence-corrected chi connectivity index (χ1v) is 13.7. The van der Waals surface area contributed by atoms with Gasteiger partial charge in [-0.15, -0.1) is 0 Å². The highest BCUT2D eigenvalue weighted by Crippen LogP contribution is 2.55. The second-order valence-corrected chi connectivity index (χ2v) is 10.9. The van der Waals surface area contributed by atoms with Gasteiger partial charge in [-0.1, -0.05) is 26.0 Å². The first-order valence-electron chi connectivity index (χ1n) is 13.7. The number of aliphatic hydroxyl groups is 1. The minimum atomic E-state index is -2.97. The SMILES string of the molecule is CCN(CCO)CCN1C(=O)CCC2C(c3cccc(O)c3)c3[nH]c4ccc(OC(F)F)cc4c3C[C@@]2(C)C1=O. The fourth-order valence-electron chi connectivity index (χ4n) is 6.66. The van der Waals surface area contributed by atoms with Gasteiger partial charge in [-0.2, -0.15) is 8.78 Å². The van der Waals surface area contributed by atoms with Gasteiger partial charge in [0.15, 0.2) is 0 Å². The number of nitrogens with one attached hydrogen (secondary N) is 1. The van der Waals surface area contributed by atoms with Crippen LogP contribution >= 0.6 is 0 Å². The van der Waals surface area contributed by atoms with E-state index in [0.29, 0.717) is 37.9 Å². The Bertz CT molecular complexity index is 1410. The van der Waals surface area contributed by atoms with Crippen LogP contribution in [0.25, 0.3) is 10.9 Å². The van der Waals surface area contributed by atoms with Crippen LogP contribution in [0, 0.1) is 11.3 Å². The summed E-state index contributed by atoms with van der Waals surface area (Å²) in [6.07, 6.45) is 0.993. The predicted molar refractivity (Wildman–Crippen MR) is 145 cm³/mol. The van der Waals surface area contributed by atoms with Gasteiger partial charge in [0.1, 0.15) is 11.5 Å². The first-order chi connectivity index (χ1) is 19.2. The van der Waals surface area contributed by atoms with Crippen molar-refractivity contribution in [1.82, 2.24) is 14.8 Å². The maximum absolute atomic E-state index is 14.3. The van der Waals surface area contributed by atoms with Gasteiger partial charge in [0.05, 0.1) is 12.0 Å². The van der Waals surface area contributed by atoms with Crippen molar-refractivity contribution in [3.63, 3.8) is 0 Å². The molecule has 0 radical (unpaired) electrons. The zero-order chi connectivity index (χ0) is 28.6. The number of hydrogen-bond acceptors (Lipinski definition) is 6. The van der Waals surface area contributed by atoms with Crippen molar-refractivity contribution in [2.45, 2.75) is 45.6 Å². The smallest absolute Gasteiger partial charge is 0.387 e. The van der Waals surface area contributed by atoms with E-state index < -0.39 is 12.0 Å². The van der Waals surface area contributed by atoms with E-state index in [1.807, 2.05) is 24.8 Å². The minimum Gasteiger partial charge on any atom is -0.508 e. The Morgan fingerprint density at radius 1 is 1.20 bits per heavy atom. The number of hydrogen-bond donors (Lipinski definition) is 3. The lowest BCUT2D eigenvalue weighted by atomic mass is 9.59. The van der Waals surface area contributed by atoms with E-state index in [1.54, 1.807) is 30.3 Å². The maximum atomic E-state index is 14.3. The molecular weight excluding hydrogens is 520 g/mol. The van der Waals surface area contributed by atoms with Crippen molar-refractivity contribution in [2.75, 3.05) is 32.8 Å². The van der Waals surface area contributed by atoms with Crippen LogP contribution in [-0.2, 0) is 16.0 Å². The van der Waals surface area contributed by atoms with Gasteiger partial charge in [-0.3, -0.25) is 19.4 Å². The second-order valence-electron chi connectivity index (χ2n) is 10.9. The number of aromatic nitrogens is 1. The molecule has 0 saturated carbocycles. The maximum Gasteiger partial charge on any atom is 0.387 e. The van der Waals surface area contributed by atoms with E-state index in [0.717, 1.165) is 22.3 Å². The molecule has 2 aliphatic rings. The summed E-state index contributed by atoms with van der Waals surface area (Å²) < 4.78 is 30.7. The number of H-pyrrole nitrogens is 1. The third-order valence-electron chi connectivity index (χ3n) is 8.65. The van der Waals surface area contributed by atoms with Gasteiger partial charge in [0.2, 0.25) is 11.8 Å². The van der Waals surface area contributed by atoms with E-state index in [9.17, 15) is 28.6 Å². The molecular formula is C30H35F2N3O5. The van der Waals surface area contributed by atoms with E-state index in [2.05, 4.69) is 9.72 Å². The van der Waals surface area contributed by atoms with Gasteiger partial charge < -0.3 is 19.9 Å². The lowest BCUT2D eigenvalue weighted by Crippen LogP contribution is -2.52. The third-order valence-corrected chi connectivity index (χ3v) is 8.65. The molecule has 2 heterocycles. The zero-order valence-electron chi connectivity index (χ0n) is 22.7. The highest BCUT2D eigenvalue weighted by Gasteiger charge is 2.54. The first kappa shape index (κ1) is 28.0. The number of rotatable bonds is 9.